The monoisotopic (exact) mass is 358 g/mol. The maximum absolute atomic E-state index is 14.0. The van der Waals surface area contributed by atoms with E-state index in [1.165, 1.54) is 4.31 Å². The first-order valence-electron chi connectivity index (χ1n) is 8.10. The molecule has 3 fully saturated rings. The minimum Gasteiger partial charge on any atom is -0.338 e. The normalized spacial score (nSPS) is 25.1. The highest BCUT2D eigenvalue weighted by Gasteiger charge is 2.44. The Kier molecular flexibility index (Phi) is 4.61. The van der Waals surface area contributed by atoms with Crippen molar-refractivity contribution in [2.75, 3.05) is 19.6 Å². The number of nitrogens with zero attached hydrogens (tertiary/aromatic N) is 2. The van der Waals surface area contributed by atoms with Gasteiger partial charge in [0.1, 0.15) is 16.5 Å². The SMILES string of the molecule is CCCN1C(=O)[C@H]2CC[C@@H]1CN(S(=O)(=O)c1ccc(F)cc1F)C2. The topological polar surface area (TPSA) is 57.7 Å². The summed E-state index contributed by atoms with van der Waals surface area (Å²) in [6, 6.07) is 2.25. The Balaban J connectivity index is 1.94. The van der Waals surface area contributed by atoms with Gasteiger partial charge in [-0.1, -0.05) is 6.92 Å². The van der Waals surface area contributed by atoms with Crippen molar-refractivity contribution in [1.82, 2.24) is 9.21 Å². The molecule has 0 spiro atoms. The largest absolute Gasteiger partial charge is 0.338 e. The first-order chi connectivity index (χ1) is 11.3. The molecule has 8 heteroatoms. The quantitative estimate of drug-likeness (QED) is 0.827. The highest BCUT2D eigenvalue weighted by atomic mass is 32.2. The smallest absolute Gasteiger partial charge is 0.246 e. The van der Waals surface area contributed by atoms with Crippen LogP contribution in [0.25, 0.3) is 0 Å². The van der Waals surface area contributed by atoms with Gasteiger partial charge in [0.05, 0.1) is 5.92 Å². The summed E-state index contributed by atoms with van der Waals surface area (Å²) in [6.45, 7) is 2.77. The Morgan fingerprint density at radius 3 is 2.62 bits per heavy atom. The summed E-state index contributed by atoms with van der Waals surface area (Å²) in [5.74, 6) is -2.35. The molecule has 0 saturated carbocycles. The Morgan fingerprint density at radius 1 is 1.21 bits per heavy atom. The molecule has 1 aromatic rings. The van der Waals surface area contributed by atoms with E-state index in [9.17, 15) is 22.0 Å². The van der Waals surface area contributed by atoms with Gasteiger partial charge in [0.15, 0.2) is 0 Å². The molecule has 3 heterocycles. The van der Waals surface area contributed by atoms with Crippen molar-refractivity contribution >= 4 is 15.9 Å². The van der Waals surface area contributed by atoms with Crippen LogP contribution in [-0.2, 0) is 14.8 Å². The van der Waals surface area contributed by atoms with E-state index in [1.54, 1.807) is 4.90 Å². The van der Waals surface area contributed by atoms with E-state index in [-0.39, 0.29) is 25.0 Å². The lowest BCUT2D eigenvalue weighted by molar-refractivity contribution is -0.139. The predicted octanol–water partition coefficient (Wildman–Crippen LogP) is 1.99. The Morgan fingerprint density at radius 2 is 1.96 bits per heavy atom. The lowest BCUT2D eigenvalue weighted by Crippen LogP contribution is -2.48. The molecule has 0 aliphatic carbocycles. The van der Waals surface area contributed by atoms with Crippen LogP contribution in [0.4, 0.5) is 8.78 Å². The van der Waals surface area contributed by atoms with Crippen molar-refractivity contribution < 1.29 is 22.0 Å². The first-order valence-corrected chi connectivity index (χ1v) is 9.54. The van der Waals surface area contributed by atoms with E-state index in [4.69, 9.17) is 0 Å². The van der Waals surface area contributed by atoms with Gasteiger partial charge in [-0.2, -0.15) is 4.31 Å². The minimum atomic E-state index is -4.11. The number of hydrogen-bond acceptors (Lipinski definition) is 3. The van der Waals surface area contributed by atoms with Gasteiger partial charge in [-0.05, 0) is 31.4 Å². The molecule has 1 aromatic carbocycles. The zero-order valence-electron chi connectivity index (χ0n) is 13.4. The van der Waals surface area contributed by atoms with Crippen LogP contribution < -0.4 is 0 Å². The fourth-order valence-corrected chi connectivity index (χ4v) is 5.12. The number of carbonyl (C=O) groups excluding carboxylic acids is 1. The zero-order chi connectivity index (χ0) is 17.5. The molecule has 0 N–H and O–H groups in total. The fourth-order valence-electron chi connectivity index (χ4n) is 3.56. The summed E-state index contributed by atoms with van der Waals surface area (Å²) in [7, 11) is -4.11. The molecule has 3 aliphatic heterocycles. The van der Waals surface area contributed by atoms with E-state index in [2.05, 4.69) is 0 Å². The molecule has 0 radical (unpaired) electrons. The minimum absolute atomic E-state index is 0.0228. The molecule has 24 heavy (non-hydrogen) atoms. The highest BCUT2D eigenvalue weighted by Crippen LogP contribution is 2.32. The van der Waals surface area contributed by atoms with E-state index in [1.807, 2.05) is 6.92 Å². The standard InChI is InChI=1S/C16H20F2N2O3S/c1-2-7-20-13-5-3-11(16(20)21)9-19(10-13)24(22,23)15-6-4-12(17)8-14(15)18/h4,6,8,11,13H,2-3,5,7,9-10H2,1H3/t11-,13+/m0/s1. The van der Waals surface area contributed by atoms with Gasteiger partial charge < -0.3 is 4.90 Å². The highest BCUT2D eigenvalue weighted by molar-refractivity contribution is 7.89. The lowest BCUT2D eigenvalue weighted by Gasteiger charge is -2.35. The number of amides is 1. The van der Waals surface area contributed by atoms with Crippen molar-refractivity contribution in [3.05, 3.63) is 29.8 Å². The van der Waals surface area contributed by atoms with E-state index < -0.39 is 32.5 Å². The van der Waals surface area contributed by atoms with Gasteiger partial charge in [-0.25, -0.2) is 17.2 Å². The third-order valence-corrected chi connectivity index (χ3v) is 6.60. The second-order valence-electron chi connectivity index (χ2n) is 6.36. The van der Waals surface area contributed by atoms with Crippen molar-refractivity contribution in [3.63, 3.8) is 0 Å². The molecule has 3 aliphatic rings. The van der Waals surface area contributed by atoms with Crippen molar-refractivity contribution in [2.45, 2.75) is 37.1 Å². The molecule has 1 amide bonds. The van der Waals surface area contributed by atoms with E-state index >= 15 is 0 Å². The van der Waals surface area contributed by atoms with Gasteiger partial charge in [0, 0.05) is 31.7 Å². The molecule has 2 atom stereocenters. The first kappa shape index (κ1) is 17.3. The van der Waals surface area contributed by atoms with Crippen molar-refractivity contribution in [1.29, 1.82) is 0 Å². The Labute approximate surface area is 140 Å². The molecule has 4 rings (SSSR count). The number of sulfonamides is 1. The summed E-state index contributed by atoms with van der Waals surface area (Å²) in [6.07, 6.45) is 2.18. The predicted molar refractivity (Wildman–Crippen MR) is 83.6 cm³/mol. The van der Waals surface area contributed by atoms with Gasteiger partial charge in [-0.3, -0.25) is 4.79 Å². The fraction of sp³-hybridized carbons (Fsp3) is 0.562. The molecular weight excluding hydrogens is 338 g/mol. The van der Waals surface area contributed by atoms with Crippen LogP contribution in [0.15, 0.2) is 23.1 Å². The van der Waals surface area contributed by atoms with Crippen LogP contribution in [0.1, 0.15) is 26.2 Å². The Hall–Kier alpha value is -1.54. The number of benzene rings is 1. The van der Waals surface area contributed by atoms with Crippen LogP contribution in [-0.4, -0.2) is 49.2 Å². The average molecular weight is 358 g/mol. The molecule has 132 valence electrons. The van der Waals surface area contributed by atoms with E-state index in [0.29, 0.717) is 19.0 Å². The lowest BCUT2D eigenvalue weighted by atomic mass is 9.94. The van der Waals surface area contributed by atoms with E-state index in [0.717, 1.165) is 25.0 Å². The summed E-state index contributed by atoms with van der Waals surface area (Å²) in [5.41, 5.74) is 0. The summed E-state index contributed by atoms with van der Waals surface area (Å²) in [5, 5.41) is 0. The van der Waals surface area contributed by atoms with Crippen LogP contribution >= 0.6 is 0 Å². The molecule has 5 nitrogen and oxygen atoms in total. The zero-order valence-corrected chi connectivity index (χ0v) is 14.2. The van der Waals surface area contributed by atoms with Gasteiger partial charge in [-0.15, -0.1) is 0 Å². The number of piperidine rings is 1. The number of hydrogen-bond donors (Lipinski definition) is 0. The molecule has 0 unspecified atom stereocenters. The van der Waals surface area contributed by atoms with Gasteiger partial charge >= 0.3 is 0 Å². The van der Waals surface area contributed by atoms with Crippen molar-refractivity contribution in [3.8, 4) is 0 Å². The van der Waals surface area contributed by atoms with Crippen LogP contribution in [0.3, 0.4) is 0 Å². The van der Waals surface area contributed by atoms with Crippen LogP contribution in [0.5, 0.6) is 0 Å². The number of rotatable bonds is 4. The second-order valence-corrected chi connectivity index (χ2v) is 8.26. The Bertz CT molecular complexity index is 754. The molecule has 0 aromatic heterocycles. The number of carbonyl (C=O) groups is 1. The maximum Gasteiger partial charge on any atom is 0.246 e. The number of fused-ring (bicyclic) bond motifs is 4. The van der Waals surface area contributed by atoms with Gasteiger partial charge in [0.25, 0.3) is 0 Å². The third-order valence-electron chi connectivity index (χ3n) is 4.74. The van der Waals surface area contributed by atoms with Crippen LogP contribution in [0.2, 0.25) is 0 Å². The average Bonchev–Trinajstić information content (AvgIpc) is 2.81. The number of halogens is 2. The second kappa shape index (κ2) is 6.40. The van der Waals surface area contributed by atoms with Crippen LogP contribution in [0, 0.1) is 17.6 Å². The summed E-state index contributed by atoms with van der Waals surface area (Å²) in [4.78, 5) is 13.7. The molecule has 2 bridgehead atoms. The summed E-state index contributed by atoms with van der Waals surface area (Å²) < 4.78 is 53.8. The third kappa shape index (κ3) is 2.93. The molecular formula is C16H20F2N2O3S. The summed E-state index contributed by atoms with van der Waals surface area (Å²) >= 11 is 0. The maximum atomic E-state index is 14.0. The van der Waals surface area contributed by atoms with Crippen molar-refractivity contribution in [2.24, 2.45) is 5.92 Å². The van der Waals surface area contributed by atoms with Gasteiger partial charge in [0.2, 0.25) is 15.9 Å². The molecule has 3 saturated heterocycles.